The van der Waals surface area contributed by atoms with Crippen LogP contribution >= 0.6 is 11.6 Å². The lowest BCUT2D eigenvalue weighted by Crippen LogP contribution is -2.21. The van der Waals surface area contributed by atoms with Crippen molar-refractivity contribution in [2.45, 2.75) is 11.8 Å². The van der Waals surface area contributed by atoms with E-state index in [4.69, 9.17) is 21.5 Å². The fourth-order valence-electron chi connectivity index (χ4n) is 2.75. The lowest BCUT2D eigenvalue weighted by Gasteiger charge is -2.11. The van der Waals surface area contributed by atoms with Crippen LogP contribution < -0.4 is 15.2 Å². The van der Waals surface area contributed by atoms with Gasteiger partial charge < -0.3 is 10.1 Å². The molecule has 1 amide bonds. The Balaban J connectivity index is 1.66. The number of hydrogen-bond acceptors (Lipinski definition) is 4. The molecule has 3 N–H and O–H groups in total. The standard InChI is InChI=1S/C21H19ClN2O4S/c1-14-7-9-17(12-20(14)29(23,26)27)24-21(25)13-28-19-10-8-16(11-18(19)22)15-5-3-2-4-6-15/h2-12H,13H2,1H3,(H,24,25)(H2,23,26,27). The first kappa shape index (κ1) is 20.9. The van der Waals surface area contributed by atoms with Gasteiger partial charge in [0.15, 0.2) is 6.61 Å². The van der Waals surface area contributed by atoms with E-state index in [2.05, 4.69) is 5.32 Å². The van der Waals surface area contributed by atoms with Crippen LogP contribution in [0, 0.1) is 6.92 Å². The molecule has 3 aromatic rings. The van der Waals surface area contributed by atoms with Crippen LogP contribution in [0.3, 0.4) is 0 Å². The van der Waals surface area contributed by atoms with Crippen molar-refractivity contribution < 1.29 is 17.9 Å². The number of sulfonamides is 1. The number of hydrogen-bond donors (Lipinski definition) is 2. The molecule has 0 spiro atoms. The van der Waals surface area contributed by atoms with Gasteiger partial charge >= 0.3 is 0 Å². The minimum absolute atomic E-state index is 0.0456. The highest BCUT2D eigenvalue weighted by atomic mass is 35.5. The van der Waals surface area contributed by atoms with Crippen molar-refractivity contribution in [3.8, 4) is 16.9 Å². The predicted octanol–water partition coefficient (Wildman–Crippen LogP) is 3.98. The van der Waals surface area contributed by atoms with E-state index in [9.17, 15) is 13.2 Å². The van der Waals surface area contributed by atoms with E-state index >= 15 is 0 Å². The Kier molecular flexibility index (Phi) is 6.22. The van der Waals surface area contributed by atoms with Crippen LogP contribution in [0.2, 0.25) is 5.02 Å². The molecule has 0 aliphatic carbocycles. The van der Waals surface area contributed by atoms with Gasteiger partial charge in [0, 0.05) is 5.69 Å². The monoisotopic (exact) mass is 430 g/mol. The summed E-state index contributed by atoms with van der Waals surface area (Å²) in [6.45, 7) is 1.33. The van der Waals surface area contributed by atoms with Crippen molar-refractivity contribution in [1.29, 1.82) is 0 Å². The summed E-state index contributed by atoms with van der Waals surface area (Å²) >= 11 is 6.27. The average molecular weight is 431 g/mol. The Morgan fingerprint density at radius 3 is 2.41 bits per heavy atom. The molecular formula is C21H19ClN2O4S. The Morgan fingerprint density at radius 2 is 1.76 bits per heavy atom. The third-order valence-corrected chi connectivity index (χ3v) is 5.52. The molecule has 0 aliphatic rings. The van der Waals surface area contributed by atoms with Gasteiger partial charge in [-0.25, -0.2) is 13.6 Å². The maximum Gasteiger partial charge on any atom is 0.262 e. The lowest BCUT2D eigenvalue weighted by atomic mass is 10.1. The first-order chi connectivity index (χ1) is 13.7. The van der Waals surface area contributed by atoms with Crippen LogP contribution in [0.5, 0.6) is 5.75 Å². The van der Waals surface area contributed by atoms with Gasteiger partial charge in [-0.2, -0.15) is 0 Å². The van der Waals surface area contributed by atoms with Crippen molar-refractivity contribution in [2.24, 2.45) is 5.14 Å². The van der Waals surface area contributed by atoms with E-state index in [0.29, 0.717) is 22.0 Å². The molecule has 0 heterocycles. The number of halogens is 1. The maximum absolute atomic E-state index is 12.2. The SMILES string of the molecule is Cc1ccc(NC(=O)COc2ccc(-c3ccccc3)cc2Cl)cc1S(N)(=O)=O. The van der Waals surface area contributed by atoms with Crippen molar-refractivity contribution in [3.05, 3.63) is 77.3 Å². The topological polar surface area (TPSA) is 98.5 Å². The molecule has 3 aromatic carbocycles. The van der Waals surface area contributed by atoms with Gasteiger partial charge in [0.05, 0.1) is 9.92 Å². The molecule has 150 valence electrons. The minimum Gasteiger partial charge on any atom is -0.482 e. The number of nitrogens with one attached hydrogen (secondary N) is 1. The van der Waals surface area contributed by atoms with E-state index in [1.165, 1.54) is 6.07 Å². The zero-order valence-electron chi connectivity index (χ0n) is 15.6. The smallest absolute Gasteiger partial charge is 0.262 e. The normalized spacial score (nSPS) is 11.1. The number of primary sulfonamides is 1. The number of nitrogens with two attached hydrogens (primary N) is 1. The molecule has 0 atom stereocenters. The number of ether oxygens (including phenoxy) is 1. The van der Waals surface area contributed by atoms with Crippen molar-refractivity contribution in [2.75, 3.05) is 11.9 Å². The molecule has 29 heavy (non-hydrogen) atoms. The average Bonchev–Trinajstić information content (AvgIpc) is 2.68. The van der Waals surface area contributed by atoms with Gasteiger partial charge in [0.2, 0.25) is 10.0 Å². The van der Waals surface area contributed by atoms with E-state index in [-0.39, 0.29) is 11.5 Å². The third-order valence-electron chi connectivity index (χ3n) is 4.18. The minimum atomic E-state index is -3.88. The summed E-state index contributed by atoms with van der Waals surface area (Å²) in [5, 5.41) is 8.15. The molecule has 0 aromatic heterocycles. The number of rotatable bonds is 6. The largest absolute Gasteiger partial charge is 0.482 e. The summed E-state index contributed by atoms with van der Waals surface area (Å²) in [5.41, 5.74) is 2.75. The van der Waals surface area contributed by atoms with Gasteiger partial charge in [0.25, 0.3) is 5.91 Å². The first-order valence-corrected chi connectivity index (χ1v) is 10.6. The number of benzene rings is 3. The highest BCUT2D eigenvalue weighted by Crippen LogP contribution is 2.30. The predicted molar refractivity (Wildman–Crippen MR) is 114 cm³/mol. The van der Waals surface area contributed by atoms with Crippen LogP contribution in [0.25, 0.3) is 11.1 Å². The van der Waals surface area contributed by atoms with Crippen LogP contribution in [0.4, 0.5) is 5.69 Å². The molecule has 8 heteroatoms. The number of anilines is 1. The summed E-state index contributed by atoms with van der Waals surface area (Å²) < 4.78 is 28.7. The second-order valence-electron chi connectivity index (χ2n) is 6.37. The summed E-state index contributed by atoms with van der Waals surface area (Å²) in [7, 11) is -3.88. The Bertz CT molecular complexity index is 1150. The van der Waals surface area contributed by atoms with Gasteiger partial charge in [-0.1, -0.05) is 54.1 Å². The number of carbonyl (C=O) groups is 1. The summed E-state index contributed by atoms with van der Waals surface area (Å²) in [6.07, 6.45) is 0. The summed E-state index contributed by atoms with van der Waals surface area (Å²) in [6, 6.07) is 19.5. The van der Waals surface area contributed by atoms with E-state index in [1.807, 2.05) is 36.4 Å². The van der Waals surface area contributed by atoms with Gasteiger partial charge in [0.1, 0.15) is 5.75 Å². The molecule has 0 radical (unpaired) electrons. The third kappa shape index (κ3) is 5.35. The molecule has 0 saturated carbocycles. The van der Waals surface area contributed by atoms with Gasteiger partial charge in [-0.15, -0.1) is 0 Å². The summed E-state index contributed by atoms with van der Waals surface area (Å²) in [4.78, 5) is 12.1. The molecule has 0 saturated heterocycles. The second-order valence-corrected chi connectivity index (χ2v) is 8.31. The first-order valence-electron chi connectivity index (χ1n) is 8.65. The lowest BCUT2D eigenvalue weighted by molar-refractivity contribution is -0.118. The highest BCUT2D eigenvalue weighted by Gasteiger charge is 2.14. The van der Waals surface area contributed by atoms with Crippen LogP contribution in [-0.4, -0.2) is 20.9 Å². The molecule has 0 fully saturated rings. The van der Waals surface area contributed by atoms with Gasteiger partial charge in [-0.05, 0) is 47.9 Å². The number of aryl methyl sites for hydroxylation is 1. The Labute approximate surface area is 174 Å². The van der Waals surface area contributed by atoms with Crippen LogP contribution in [0.15, 0.2) is 71.6 Å². The van der Waals surface area contributed by atoms with E-state index in [1.54, 1.807) is 31.2 Å². The number of carbonyl (C=O) groups excluding carboxylic acids is 1. The quantitative estimate of drug-likeness (QED) is 0.617. The molecule has 3 rings (SSSR count). The Hall–Kier alpha value is -2.87. The summed E-state index contributed by atoms with van der Waals surface area (Å²) in [5.74, 6) is -0.0898. The molecular weight excluding hydrogens is 412 g/mol. The van der Waals surface area contributed by atoms with E-state index < -0.39 is 15.9 Å². The van der Waals surface area contributed by atoms with Crippen LogP contribution in [0.1, 0.15) is 5.56 Å². The number of amides is 1. The molecule has 6 nitrogen and oxygen atoms in total. The van der Waals surface area contributed by atoms with Crippen molar-refractivity contribution >= 4 is 33.2 Å². The van der Waals surface area contributed by atoms with E-state index in [0.717, 1.165) is 11.1 Å². The van der Waals surface area contributed by atoms with Crippen LogP contribution in [-0.2, 0) is 14.8 Å². The zero-order chi connectivity index (χ0) is 21.0. The maximum atomic E-state index is 12.2. The highest BCUT2D eigenvalue weighted by molar-refractivity contribution is 7.89. The molecule has 0 unspecified atom stereocenters. The fourth-order valence-corrected chi connectivity index (χ4v) is 3.80. The van der Waals surface area contributed by atoms with Crippen molar-refractivity contribution in [1.82, 2.24) is 0 Å². The van der Waals surface area contributed by atoms with Gasteiger partial charge in [-0.3, -0.25) is 4.79 Å². The fraction of sp³-hybridized carbons (Fsp3) is 0.0952. The Morgan fingerprint density at radius 1 is 1.03 bits per heavy atom. The molecule has 0 bridgehead atoms. The molecule has 0 aliphatic heterocycles. The zero-order valence-corrected chi connectivity index (χ0v) is 17.1. The second kappa shape index (κ2) is 8.65. The van der Waals surface area contributed by atoms with Crippen molar-refractivity contribution in [3.63, 3.8) is 0 Å².